The van der Waals surface area contributed by atoms with Crippen LogP contribution in [-0.2, 0) is 19.5 Å². The molecule has 158 valence electrons. The number of amides is 1. The molecule has 0 aliphatic carbocycles. The Kier molecular flexibility index (Phi) is 6.59. The van der Waals surface area contributed by atoms with Gasteiger partial charge in [0.05, 0.1) is 29.7 Å². The number of anilines is 1. The predicted molar refractivity (Wildman–Crippen MR) is 121 cm³/mol. The molecule has 1 aliphatic heterocycles. The minimum absolute atomic E-state index is 0.140. The summed E-state index contributed by atoms with van der Waals surface area (Å²) in [6, 6.07) is 10.2. The number of rotatable bonds is 7. The van der Waals surface area contributed by atoms with Crippen LogP contribution >= 0.6 is 11.3 Å². The maximum absolute atomic E-state index is 12.9. The molecular formula is C23H29N5OS. The van der Waals surface area contributed by atoms with E-state index in [0.717, 1.165) is 43.4 Å². The standard InChI is InChI=1S/C23H29N5OS/c1-3-21-20(12-24-28(21)14-18-9-5-4-6-10-18)22(29)26-23-25-19(16-30-23)15-27-11-7-8-17(2)13-27/h4-6,9-10,12,16-17H,3,7-8,11,13-15H2,1-2H3,(H,25,26,29). The van der Waals surface area contributed by atoms with Crippen LogP contribution in [0, 0.1) is 5.92 Å². The fourth-order valence-electron chi connectivity index (χ4n) is 4.13. The van der Waals surface area contributed by atoms with E-state index < -0.39 is 0 Å². The van der Waals surface area contributed by atoms with Crippen LogP contribution in [0.5, 0.6) is 0 Å². The first-order chi connectivity index (χ1) is 14.6. The summed E-state index contributed by atoms with van der Waals surface area (Å²) >= 11 is 1.49. The molecule has 1 saturated heterocycles. The number of hydrogen-bond acceptors (Lipinski definition) is 5. The SMILES string of the molecule is CCc1c(C(=O)Nc2nc(CN3CCCC(C)C3)cs2)cnn1Cc1ccccc1. The molecule has 3 aromatic rings. The Morgan fingerprint density at radius 2 is 2.10 bits per heavy atom. The summed E-state index contributed by atoms with van der Waals surface area (Å²) in [5.74, 6) is 0.607. The third-order valence-electron chi connectivity index (χ3n) is 5.60. The van der Waals surface area contributed by atoms with Gasteiger partial charge < -0.3 is 0 Å². The summed E-state index contributed by atoms with van der Waals surface area (Å²) in [4.78, 5) is 20.0. The van der Waals surface area contributed by atoms with Gasteiger partial charge in [-0.3, -0.25) is 19.7 Å². The molecule has 1 amide bonds. The highest BCUT2D eigenvalue weighted by Crippen LogP contribution is 2.22. The first-order valence-corrected chi connectivity index (χ1v) is 11.6. The number of carbonyl (C=O) groups excluding carboxylic acids is 1. The van der Waals surface area contributed by atoms with Crippen molar-refractivity contribution in [3.05, 3.63) is 64.4 Å². The van der Waals surface area contributed by atoms with Gasteiger partial charge in [-0.2, -0.15) is 5.10 Å². The Morgan fingerprint density at radius 1 is 1.27 bits per heavy atom. The normalized spacial score (nSPS) is 17.2. The van der Waals surface area contributed by atoms with E-state index >= 15 is 0 Å². The highest BCUT2D eigenvalue weighted by molar-refractivity contribution is 7.14. The Balaban J connectivity index is 1.41. The molecule has 1 N–H and O–H groups in total. The Morgan fingerprint density at radius 3 is 2.87 bits per heavy atom. The highest BCUT2D eigenvalue weighted by Gasteiger charge is 2.20. The first-order valence-electron chi connectivity index (χ1n) is 10.7. The van der Waals surface area contributed by atoms with Crippen LogP contribution in [0.2, 0.25) is 0 Å². The second-order valence-corrected chi connectivity index (χ2v) is 8.94. The molecule has 6 nitrogen and oxygen atoms in total. The monoisotopic (exact) mass is 423 g/mol. The molecule has 4 rings (SSSR count). The van der Waals surface area contributed by atoms with Crippen LogP contribution < -0.4 is 5.32 Å². The molecule has 0 radical (unpaired) electrons. The largest absolute Gasteiger partial charge is 0.298 e. The number of nitrogens with zero attached hydrogens (tertiary/aromatic N) is 4. The molecule has 0 spiro atoms. The van der Waals surface area contributed by atoms with E-state index in [0.29, 0.717) is 17.2 Å². The van der Waals surface area contributed by atoms with Crippen LogP contribution in [0.3, 0.4) is 0 Å². The topological polar surface area (TPSA) is 63.1 Å². The molecule has 0 saturated carbocycles. The molecule has 1 aromatic carbocycles. The van der Waals surface area contributed by atoms with Crippen LogP contribution in [0.25, 0.3) is 0 Å². The van der Waals surface area contributed by atoms with Gasteiger partial charge in [-0.1, -0.05) is 44.2 Å². The number of carbonyl (C=O) groups is 1. The van der Waals surface area contributed by atoms with Crippen LogP contribution in [0.4, 0.5) is 5.13 Å². The summed E-state index contributed by atoms with van der Waals surface area (Å²) in [5.41, 5.74) is 3.75. The fraction of sp³-hybridized carbons (Fsp3) is 0.435. The maximum atomic E-state index is 12.9. The lowest BCUT2D eigenvalue weighted by Gasteiger charge is -2.30. The van der Waals surface area contributed by atoms with Crippen molar-refractivity contribution in [1.29, 1.82) is 0 Å². The van der Waals surface area contributed by atoms with E-state index in [1.807, 2.05) is 22.9 Å². The van der Waals surface area contributed by atoms with Crippen molar-refractivity contribution in [2.45, 2.75) is 46.2 Å². The molecule has 0 bridgehead atoms. The van der Waals surface area contributed by atoms with Crippen LogP contribution in [-0.4, -0.2) is 38.7 Å². The quantitative estimate of drug-likeness (QED) is 0.610. The third kappa shape index (κ3) is 4.96. The van der Waals surface area contributed by atoms with Crippen molar-refractivity contribution in [3.8, 4) is 0 Å². The zero-order chi connectivity index (χ0) is 20.9. The summed E-state index contributed by atoms with van der Waals surface area (Å²) in [7, 11) is 0. The molecule has 1 fully saturated rings. The number of thiazole rings is 1. The van der Waals surface area contributed by atoms with E-state index in [1.54, 1.807) is 6.20 Å². The second-order valence-electron chi connectivity index (χ2n) is 8.08. The lowest BCUT2D eigenvalue weighted by Crippen LogP contribution is -2.33. The van der Waals surface area contributed by atoms with Gasteiger partial charge in [0.15, 0.2) is 5.13 Å². The van der Waals surface area contributed by atoms with Gasteiger partial charge in [0.25, 0.3) is 5.91 Å². The Labute approximate surface area is 181 Å². The predicted octanol–water partition coefficient (Wildman–Crippen LogP) is 4.43. The van der Waals surface area contributed by atoms with Gasteiger partial charge in [0.2, 0.25) is 0 Å². The lowest BCUT2D eigenvalue weighted by atomic mass is 10.0. The highest BCUT2D eigenvalue weighted by atomic mass is 32.1. The average Bonchev–Trinajstić information content (AvgIpc) is 3.35. The molecule has 1 aliphatic rings. The van der Waals surface area contributed by atoms with Gasteiger partial charge in [-0.25, -0.2) is 4.98 Å². The van der Waals surface area contributed by atoms with Crippen LogP contribution in [0.1, 0.15) is 54.0 Å². The van der Waals surface area contributed by atoms with Crippen molar-refractivity contribution in [2.24, 2.45) is 5.92 Å². The summed E-state index contributed by atoms with van der Waals surface area (Å²) in [5, 5.41) is 10.1. The molecular weight excluding hydrogens is 394 g/mol. The molecule has 3 heterocycles. The lowest BCUT2D eigenvalue weighted by molar-refractivity contribution is 0.102. The smallest absolute Gasteiger partial charge is 0.260 e. The van der Waals surface area contributed by atoms with Gasteiger partial charge in [-0.15, -0.1) is 11.3 Å². The number of aromatic nitrogens is 3. The van der Waals surface area contributed by atoms with Gasteiger partial charge in [0, 0.05) is 18.5 Å². The molecule has 2 aromatic heterocycles. The van der Waals surface area contributed by atoms with Crippen molar-refractivity contribution >= 4 is 22.4 Å². The van der Waals surface area contributed by atoms with Crippen molar-refractivity contribution in [3.63, 3.8) is 0 Å². The summed E-state index contributed by atoms with van der Waals surface area (Å²) in [6.07, 6.45) is 4.97. The number of hydrogen-bond donors (Lipinski definition) is 1. The van der Waals surface area contributed by atoms with E-state index in [1.165, 1.54) is 29.7 Å². The Bertz CT molecular complexity index is 981. The minimum Gasteiger partial charge on any atom is -0.298 e. The molecule has 1 unspecified atom stereocenters. The van der Waals surface area contributed by atoms with E-state index in [2.05, 4.69) is 51.7 Å². The van der Waals surface area contributed by atoms with E-state index in [9.17, 15) is 4.79 Å². The molecule has 30 heavy (non-hydrogen) atoms. The van der Waals surface area contributed by atoms with Gasteiger partial charge >= 0.3 is 0 Å². The zero-order valence-electron chi connectivity index (χ0n) is 17.7. The number of piperidine rings is 1. The Hall–Kier alpha value is -2.51. The average molecular weight is 424 g/mol. The van der Waals surface area contributed by atoms with Crippen LogP contribution in [0.15, 0.2) is 41.9 Å². The molecule has 1 atom stereocenters. The minimum atomic E-state index is -0.140. The van der Waals surface area contributed by atoms with Crippen molar-refractivity contribution < 1.29 is 4.79 Å². The summed E-state index contributed by atoms with van der Waals surface area (Å²) in [6.45, 7) is 8.13. The third-order valence-corrected chi connectivity index (χ3v) is 6.41. The fourth-order valence-corrected chi connectivity index (χ4v) is 4.82. The first kappa shape index (κ1) is 20.8. The second kappa shape index (κ2) is 9.53. The maximum Gasteiger partial charge on any atom is 0.260 e. The zero-order valence-corrected chi connectivity index (χ0v) is 18.5. The van der Waals surface area contributed by atoms with Crippen molar-refractivity contribution in [2.75, 3.05) is 18.4 Å². The van der Waals surface area contributed by atoms with E-state index in [-0.39, 0.29) is 5.91 Å². The molecule has 7 heteroatoms. The van der Waals surface area contributed by atoms with Gasteiger partial charge in [0.1, 0.15) is 0 Å². The number of benzene rings is 1. The number of nitrogens with one attached hydrogen (secondary N) is 1. The summed E-state index contributed by atoms with van der Waals surface area (Å²) < 4.78 is 1.91. The van der Waals surface area contributed by atoms with E-state index in [4.69, 9.17) is 0 Å². The number of likely N-dealkylation sites (tertiary alicyclic amines) is 1. The van der Waals surface area contributed by atoms with Gasteiger partial charge in [-0.05, 0) is 37.3 Å². The van der Waals surface area contributed by atoms with Crippen molar-refractivity contribution in [1.82, 2.24) is 19.7 Å².